The molecule has 0 spiro atoms. The van der Waals surface area contributed by atoms with Gasteiger partial charge in [-0.2, -0.15) is 15.0 Å². The number of fused-ring (bicyclic) bond motifs is 1. The topological polar surface area (TPSA) is 76.7 Å². The molecule has 1 N–H and O–H groups in total. The van der Waals surface area contributed by atoms with Gasteiger partial charge in [0.25, 0.3) is 5.22 Å². The second kappa shape index (κ2) is 5.02. The smallest absolute Gasteiger partial charge is 0.264 e. The van der Waals surface area contributed by atoms with E-state index in [2.05, 4.69) is 25.3 Å². The summed E-state index contributed by atoms with van der Waals surface area (Å²) in [6, 6.07) is 7.52. The molecule has 0 saturated carbocycles. The third-order valence-electron chi connectivity index (χ3n) is 2.26. The van der Waals surface area contributed by atoms with Crippen LogP contribution in [0, 0.1) is 0 Å². The lowest BCUT2D eigenvalue weighted by atomic mass is 10.3. The maximum absolute atomic E-state index is 5.81. The fourth-order valence-electron chi connectivity index (χ4n) is 1.46. The van der Waals surface area contributed by atoms with Gasteiger partial charge in [0.15, 0.2) is 5.58 Å². The molecule has 0 radical (unpaired) electrons. The number of benzene rings is 1. The SMILES string of the molecule is CNc1nc(Cl)nc(Sc2nc3ccccc3o2)n1. The van der Waals surface area contributed by atoms with Gasteiger partial charge < -0.3 is 9.73 Å². The second-order valence-electron chi connectivity index (χ2n) is 3.51. The van der Waals surface area contributed by atoms with E-state index in [9.17, 15) is 0 Å². The number of halogens is 1. The van der Waals surface area contributed by atoms with Crippen molar-refractivity contribution in [2.45, 2.75) is 10.4 Å². The molecular weight excluding hydrogens is 286 g/mol. The number of nitrogens with zero attached hydrogens (tertiary/aromatic N) is 4. The third kappa shape index (κ3) is 2.61. The van der Waals surface area contributed by atoms with Crippen LogP contribution in [-0.4, -0.2) is 27.0 Å². The Labute approximate surface area is 117 Å². The van der Waals surface area contributed by atoms with Crippen molar-refractivity contribution in [3.8, 4) is 0 Å². The summed E-state index contributed by atoms with van der Waals surface area (Å²) in [5, 5.41) is 3.82. The summed E-state index contributed by atoms with van der Waals surface area (Å²) >= 11 is 7.00. The summed E-state index contributed by atoms with van der Waals surface area (Å²) in [5.74, 6) is 0.401. The van der Waals surface area contributed by atoms with Gasteiger partial charge in [-0.25, -0.2) is 4.98 Å². The van der Waals surface area contributed by atoms with Crippen molar-refractivity contribution in [1.29, 1.82) is 0 Å². The summed E-state index contributed by atoms with van der Waals surface area (Å²) in [6.07, 6.45) is 0. The lowest BCUT2D eigenvalue weighted by Crippen LogP contribution is -1.99. The fourth-order valence-corrected chi connectivity index (χ4v) is 2.37. The molecule has 0 aliphatic rings. The van der Waals surface area contributed by atoms with Gasteiger partial charge in [0.05, 0.1) is 0 Å². The molecule has 0 amide bonds. The molecule has 0 bridgehead atoms. The second-order valence-corrected chi connectivity index (χ2v) is 4.77. The first kappa shape index (κ1) is 12.2. The average molecular weight is 294 g/mol. The highest BCUT2D eigenvalue weighted by Gasteiger charge is 2.11. The first-order valence-corrected chi connectivity index (χ1v) is 6.57. The predicted octanol–water partition coefficient (Wildman–Crippen LogP) is 2.86. The van der Waals surface area contributed by atoms with Crippen molar-refractivity contribution in [2.75, 3.05) is 12.4 Å². The molecule has 0 atom stereocenters. The highest BCUT2D eigenvalue weighted by Crippen LogP contribution is 2.28. The Balaban J connectivity index is 1.94. The molecule has 3 aromatic rings. The van der Waals surface area contributed by atoms with Crippen molar-refractivity contribution < 1.29 is 4.42 Å². The van der Waals surface area contributed by atoms with Crippen molar-refractivity contribution in [3.63, 3.8) is 0 Å². The van der Waals surface area contributed by atoms with E-state index in [1.807, 2.05) is 24.3 Å². The van der Waals surface area contributed by atoms with Gasteiger partial charge >= 0.3 is 0 Å². The molecule has 6 nitrogen and oxygen atoms in total. The van der Waals surface area contributed by atoms with Gasteiger partial charge in [-0.1, -0.05) is 12.1 Å². The molecule has 0 fully saturated rings. The Bertz CT molecular complexity index is 699. The van der Waals surface area contributed by atoms with E-state index in [4.69, 9.17) is 16.0 Å². The van der Waals surface area contributed by atoms with Crippen molar-refractivity contribution in [3.05, 3.63) is 29.5 Å². The third-order valence-corrected chi connectivity index (χ3v) is 3.15. The summed E-state index contributed by atoms with van der Waals surface area (Å²) in [5.41, 5.74) is 1.51. The monoisotopic (exact) mass is 293 g/mol. The van der Waals surface area contributed by atoms with Gasteiger partial charge in [-0.3, -0.25) is 0 Å². The van der Waals surface area contributed by atoms with Crippen LogP contribution in [0.4, 0.5) is 5.95 Å². The van der Waals surface area contributed by atoms with E-state index in [-0.39, 0.29) is 5.28 Å². The molecule has 0 unspecified atom stereocenters. The van der Waals surface area contributed by atoms with Crippen LogP contribution in [0.2, 0.25) is 5.28 Å². The number of aromatic nitrogens is 4. The van der Waals surface area contributed by atoms with Gasteiger partial charge in [0, 0.05) is 18.8 Å². The molecule has 2 aromatic heterocycles. The first-order chi connectivity index (χ1) is 9.24. The number of anilines is 1. The van der Waals surface area contributed by atoms with Crippen LogP contribution in [-0.2, 0) is 0 Å². The maximum atomic E-state index is 5.81. The summed E-state index contributed by atoms with van der Waals surface area (Å²) in [7, 11) is 1.71. The van der Waals surface area contributed by atoms with Crippen molar-refractivity contribution in [2.24, 2.45) is 0 Å². The van der Waals surface area contributed by atoms with Crippen LogP contribution in [0.25, 0.3) is 11.1 Å². The maximum Gasteiger partial charge on any atom is 0.264 e. The van der Waals surface area contributed by atoms with Gasteiger partial charge in [-0.15, -0.1) is 0 Å². The number of hydrogen-bond donors (Lipinski definition) is 1. The first-order valence-electron chi connectivity index (χ1n) is 5.37. The predicted molar refractivity (Wildman–Crippen MR) is 72.5 cm³/mol. The van der Waals surface area contributed by atoms with Crippen LogP contribution < -0.4 is 5.32 Å². The molecule has 8 heteroatoms. The minimum atomic E-state index is 0.123. The standard InChI is InChI=1S/C11H8ClN5OS/c1-13-9-15-8(12)16-10(17-9)19-11-14-6-4-2-3-5-7(6)18-11/h2-5H,1H3,(H,13,15,16,17). The average Bonchev–Trinajstić information content (AvgIpc) is 2.80. The lowest BCUT2D eigenvalue weighted by Gasteiger charge is -2.00. The number of para-hydroxylation sites is 2. The zero-order valence-corrected chi connectivity index (χ0v) is 11.4. The quantitative estimate of drug-likeness (QED) is 0.795. The van der Waals surface area contributed by atoms with Gasteiger partial charge in [0.2, 0.25) is 16.4 Å². The Morgan fingerprint density at radius 2 is 2.00 bits per heavy atom. The van der Waals surface area contributed by atoms with E-state index in [0.717, 1.165) is 11.1 Å². The van der Waals surface area contributed by atoms with Crippen LogP contribution >= 0.6 is 23.4 Å². The normalized spacial score (nSPS) is 10.8. The Kier molecular flexibility index (Phi) is 3.22. The molecule has 0 saturated heterocycles. The molecule has 0 aliphatic heterocycles. The zero-order valence-electron chi connectivity index (χ0n) is 9.79. The van der Waals surface area contributed by atoms with E-state index >= 15 is 0 Å². The van der Waals surface area contributed by atoms with Crippen LogP contribution in [0.3, 0.4) is 0 Å². The van der Waals surface area contributed by atoms with Gasteiger partial charge in [-0.05, 0) is 23.7 Å². The van der Waals surface area contributed by atoms with Crippen molar-refractivity contribution in [1.82, 2.24) is 19.9 Å². The number of oxazole rings is 1. The largest absolute Gasteiger partial charge is 0.431 e. The zero-order chi connectivity index (χ0) is 13.2. The van der Waals surface area contributed by atoms with E-state index in [0.29, 0.717) is 16.3 Å². The summed E-state index contributed by atoms with van der Waals surface area (Å²) in [6.45, 7) is 0. The molecule has 19 heavy (non-hydrogen) atoms. The summed E-state index contributed by atoms with van der Waals surface area (Å²) in [4.78, 5) is 16.4. The van der Waals surface area contributed by atoms with Crippen LogP contribution in [0.15, 0.2) is 39.1 Å². The number of rotatable bonds is 3. The Hall–Kier alpha value is -1.86. The van der Waals surface area contributed by atoms with Crippen molar-refractivity contribution >= 4 is 40.4 Å². The Morgan fingerprint density at radius 1 is 1.16 bits per heavy atom. The lowest BCUT2D eigenvalue weighted by molar-refractivity contribution is 0.488. The van der Waals surface area contributed by atoms with Gasteiger partial charge in [0.1, 0.15) is 5.52 Å². The number of nitrogens with one attached hydrogen (secondary N) is 1. The van der Waals surface area contributed by atoms with E-state index < -0.39 is 0 Å². The van der Waals surface area contributed by atoms with E-state index in [1.165, 1.54) is 11.8 Å². The molecule has 0 aliphatic carbocycles. The highest BCUT2D eigenvalue weighted by molar-refractivity contribution is 7.98. The summed E-state index contributed by atoms with van der Waals surface area (Å²) < 4.78 is 5.57. The van der Waals surface area contributed by atoms with E-state index in [1.54, 1.807) is 7.05 Å². The molecule has 96 valence electrons. The fraction of sp³-hybridized carbons (Fsp3) is 0.0909. The molecular formula is C11H8ClN5OS. The molecule has 1 aromatic carbocycles. The highest BCUT2D eigenvalue weighted by atomic mass is 35.5. The molecule has 3 rings (SSSR count). The number of hydrogen-bond acceptors (Lipinski definition) is 7. The minimum Gasteiger partial charge on any atom is -0.431 e. The van der Waals surface area contributed by atoms with Crippen LogP contribution in [0.1, 0.15) is 0 Å². The minimum absolute atomic E-state index is 0.123. The molecule has 2 heterocycles. The Morgan fingerprint density at radius 3 is 2.79 bits per heavy atom. The van der Waals surface area contributed by atoms with Crippen LogP contribution in [0.5, 0.6) is 0 Å².